The lowest BCUT2D eigenvalue weighted by Gasteiger charge is -2.22. The van der Waals surface area contributed by atoms with Crippen LogP contribution in [-0.2, 0) is 16.6 Å². The molecule has 0 N–H and O–H groups in total. The van der Waals surface area contributed by atoms with Gasteiger partial charge in [0.1, 0.15) is 5.69 Å². The summed E-state index contributed by atoms with van der Waals surface area (Å²) in [5, 5.41) is 11.8. The highest BCUT2D eigenvalue weighted by Crippen LogP contribution is 2.34. The smallest absolute Gasteiger partial charge is 0.293 e. The maximum Gasteiger partial charge on any atom is 0.293 e. The molecule has 0 spiro atoms. The summed E-state index contributed by atoms with van der Waals surface area (Å²) in [7, 11) is 1.04. The summed E-state index contributed by atoms with van der Waals surface area (Å²) in [6, 6.07) is 9.55. The molecule has 0 atom stereocenters. The molecule has 2 aromatic rings. The van der Waals surface area contributed by atoms with Gasteiger partial charge in [-0.25, -0.2) is 8.42 Å². The van der Waals surface area contributed by atoms with E-state index in [9.17, 15) is 18.5 Å². The predicted octanol–water partition coefficient (Wildman–Crippen LogP) is 3.81. The van der Waals surface area contributed by atoms with E-state index < -0.39 is 14.9 Å². The number of ether oxygens (including phenoxy) is 2. The first-order chi connectivity index (χ1) is 15.3. The van der Waals surface area contributed by atoms with E-state index >= 15 is 0 Å². The van der Waals surface area contributed by atoms with Gasteiger partial charge in [-0.1, -0.05) is 18.9 Å². The monoisotopic (exact) mass is 463 g/mol. The molecule has 1 fully saturated rings. The average Bonchev–Trinajstić information content (AvgIpc) is 3.08. The Bertz CT molecular complexity index is 1070. The molecule has 0 aliphatic carbocycles. The summed E-state index contributed by atoms with van der Waals surface area (Å²) in [6.45, 7) is 1.24. The Morgan fingerprint density at radius 3 is 2.25 bits per heavy atom. The number of methoxy groups -OCH3 is 2. The van der Waals surface area contributed by atoms with Crippen LogP contribution < -0.4 is 14.4 Å². The van der Waals surface area contributed by atoms with E-state index in [2.05, 4.69) is 0 Å². The highest BCUT2D eigenvalue weighted by Gasteiger charge is 2.28. The first-order valence-corrected chi connectivity index (χ1v) is 11.9. The zero-order valence-corrected chi connectivity index (χ0v) is 19.4. The Kier molecular flexibility index (Phi) is 7.57. The highest BCUT2D eigenvalue weighted by molar-refractivity contribution is 7.89. The zero-order valence-electron chi connectivity index (χ0n) is 18.6. The fourth-order valence-electron chi connectivity index (χ4n) is 3.90. The van der Waals surface area contributed by atoms with Crippen molar-refractivity contribution in [1.82, 2.24) is 4.31 Å². The topological polar surface area (TPSA) is 102 Å². The van der Waals surface area contributed by atoms with Crippen LogP contribution in [-0.4, -0.2) is 52.0 Å². The van der Waals surface area contributed by atoms with Crippen LogP contribution in [0.25, 0.3) is 0 Å². The first kappa shape index (κ1) is 23.8. The van der Waals surface area contributed by atoms with Gasteiger partial charge in [-0.15, -0.1) is 0 Å². The van der Waals surface area contributed by atoms with Crippen molar-refractivity contribution in [3.05, 3.63) is 52.1 Å². The summed E-state index contributed by atoms with van der Waals surface area (Å²) < 4.78 is 38.2. The Morgan fingerprint density at radius 1 is 1.00 bits per heavy atom. The number of anilines is 1. The molecule has 1 aliphatic rings. The maximum absolute atomic E-state index is 13.1. The molecular formula is C22H29N3O6S. The zero-order chi connectivity index (χ0) is 23.3. The summed E-state index contributed by atoms with van der Waals surface area (Å²) >= 11 is 0. The Morgan fingerprint density at radius 2 is 1.66 bits per heavy atom. The lowest BCUT2D eigenvalue weighted by Crippen LogP contribution is -2.32. The van der Waals surface area contributed by atoms with E-state index in [0.29, 0.717) is 36.8 Å². The molecule has 0 bridgehead atoms. The van der Waals surface area contributed by atoms with E-state index in [1.807, 2.05) is 6.07 Å². The number of nitro benzene ring substituents is 1. The van der Waals surface area contributed by atoms with Crippen LogP contribution in [0.15, 0.2) is 41.3 Å². The molecule has 0 amide bonds. The van der Waals surface area contributed by atoms with Gasteiger partial charge in [0.25, 0.3) is 5.69 Å². The molecule has 1 aliphatic heterocycles. The van der Waals surface area contributed by atoms with E-state index in [0.717, 1.165) is 31.2 Å². The molecule has 0 aromatic heterocycles. The molecule has 0 saturated carbocycles. The minimum atomic E-state index is -3.78. The SMILES string of the molecule is COc1ccc(CN(C)c2ccc(S(=O)(=O)N3CCCCCC3)cc2[N+](=O)[O-])cc1OC. The third-order valence-electron chi connectivity index (χ3n) is 5.63. The Hall–Kier alpha value is -2.85. The van der Waals surface area contributed by atoms with Crippen LogP contribution in [0.2, 0.25) is 0 Å². The molecule has 1 heterocycles. The van der Waals surface area contributed by atoms with Crippen LogP contribution in [0.4, 0.5) is 11.4 Å². The van der Waals surface area contributed by atoms with Crippen LogP contribution in [0.3, 0.4) is 0 Å². The standard InChI is InChI=1S/C22H29N3O6S/c1-23(16-17-8-11-21(30-2)22(14-17)31-3)19-10-9-18(15-20(19)25(26)27)32(28,29)24-12-6-4-5-7-13-24/h8-11,14-15H,4-7,12-13,16H2,1-3H3. The van der Waals surface area contributed by atoms with Crippen LogP contribution in [0, 0.1) is 10.1 Å². The number of benzene rings is 2. The number of nitrogens with zero attached hydrogens (tertiary/aromatic N) is 3. The third kappa shape index (κ3) is 5.13. The van der Waals surface area contributed by atoms with Gasteiger partial charge >= 0.3 is 0 Å². The molecule has 0 unspecified atom stereocenters. The number of sulfonamides is 1. The van der Waals surface area contributed by atoms with Crippen molar-refractivity contribution in [2.45, 2.75) is 37.1 Å². The normalized spacial score (nSPS) is 15.1. The van der Waals surface area contributed by atoms with Gasteiger partial charge in [0.2, 0.25) is 10.0 Å². The Labute approximate surface area is 188 Å². The molecule has 0 radical (unpaired) electrons. The highest BCUT2D eigenvalue weighted by atomic mass is 32.2. The van der Waals surface area contributed by atoms with Gasteiger partial charge in [0.05, 0.1) is 24.0 Å². The van der Waals surface area contributed by atoms with Gasteiger partial charge in [0, 0.05) is 32.7 Å². The third-order valence-corrected chi connectivity index (χ3v) is 7.52. The van der Waals surface area contributed by atoms with Crippen molar-refractivity contribution in [2.75, 3.05) is 39.3 Å². The van der Waals surface area contributed by atoms with E-state index in [1.165, 1.54) is 22.5 Å². The Balaban J connectivity index is 1.90. The fourth-order valence-corrected chi connectivity index (χ4v) is 5.44. The number of hydrogen-bond donors (Lipinski definition) is 0. The average molecular weight is 464 g/mol. The maximum atomic E-state index is 13.1. The molecule has 2 aromatic carbocycles. The van der Waals surface area contributed by atoms with Crippen molar-refractivity contribution in [1.29, 1.82) is 0 Å². The van der Waals surface area contributed by atoms with Crippen LogP contribution in [0.5, 0.6) is 11.5 Å². The summed E-state index contributed by atoms with van der Waals surface area (Å²) in [5.41, 5.74) is 0.948. The van der Waals surface area contributed by atoms with E-state index in [1.54, 1.807) is 38.3 Å². The lowest BCUT2D eigenvalue weighted by molar-refractivity contribution is -0.384. The molecule has 32 heavy (non-hydrogen) atoms. The summed E-state index contributed by atoms with van der Waals surface area (Å²) in [4.78, 5) is 12.9. The second-order valence-corrected chi connectivity index (χ2v) is 9.71. The van der Waals surface area contributed by atoms with Crippen molar-refractivity contribution in [2.24, 2.45) is 0 Å². The van der Waals surface area contributed by atoms with Gasteiger partial charge < -0.3 is 14.4 Å². The van der Waals surface area contributed by atoms with E-state index in [-0.39, 0.29) is 10.6 Å². The van der Waals surface area contributed by atoms with Crippen molar-refractivity contribution < 1.29 is 22.8 Å². The molecule has 174 valence electrons. The van der Waals surface area contributed by atoms with Crippen LogP contribution >= 0.6 is 0 Å². The van der Waals surface area contributed by atoms with Gasteiger partial charge in [-0.3, -0.25) is 10.1 Å². The first-order valence-electron chi connectivity index (χ1n) is 10.5. The quantitative estimate of drug-likeness (QED) is 0.433. The minimum Gasteiger partial charge on any atom is -0.493 e. The fraction of sp³-hybridized carbons (Fsp3) is 0.455. The molecule has 3 rings (SSSR count). The molecule has 10 heteroatoms. The van der Waals surface area contributed by atoms with Crippen molar-refractivity contribution in [3.63, 3.8) is 0 Å². The van der Waals surface area contributed by atoms with Gasteiger partial charge in [-0.2, -0.15) is 4.31 Å². The lowest BCUT2D eigenvalue weighted by atomic mass is 10.1. The van der Waals surface area contributed by atoms with E-state index in [4.69, 9.17) is 9.47 Å². The second-order valence-electron chi connectivity index (χ2n) is 7.77. The largest absolute Gasteiger partial charge is 0.493 e. The summed E-state index contributed by atoms with van der Waals surface area (Å²) in [5.74, 6) is 1.15. The van der Waals surface area contributed by atoms with Crippen molar-refractivity contribution in [3.8, 4) is 11.5 Å². The summed E-state index contributed by atoms with van der Waals surface area (Å²) in [6.07, 6.45) is 3.58. The minimum absolute atomic E-state index is 0.0469. The second kappa shape index (κ2) is 10.2. The number of nitro groups is 1. The molecular weight excluding hydrogens is 434 g/mol. The molecule has 9 nitrogen and oxygen atoms in total. The predicted molar refractivity (Wildman–Crippen MR) is 122 cm³/mol. The number of hydrogen-bond acceptors (Lipinski definition) is 7. The molecule has 1 saturated heterocycles. The van der Waals surface area contributed by atoms with Gasteiger partial charge in [0.15, 0.2) is 11.5 Å². The van der Waals surface area contributed by atoms with Gasteiger partial charge in [-0.05, 0) is 42.7 Å². The van der Waals surface area contributed by atoms with Crippen molar-refractivity contribution >= 4 is 21.4 Å². The number of rotatable bonds is 8. The van der Waals surface area contributed by atoms with Crippen LogP contribution in [0.1, 0.15) is 31.2 Å².